The summed E-state index contributed by atoms with van der Waals surface area (Å²) >= 11 is 0. The molecule has 2 aromatic carbocycles. The number of nitrogens with one attached hydrogen (secondary N) is 1. The highest BCUT2D eigenvalue weighted by Gasteiger charge is 2.18. The first-order valence-electron chi connectivity index (χ1n) is 9.66. The molecular weight excluding hydrogens is 357 g/mol. The molecule has 0 saturated carbocycles. The Kier molecular flexibility index (Phi) is 7.01. The van der Waals surface area contributed by atoms with Gasteiger partial charge in [-0.2, -0.15) is 0 Å². The molecule has 0 aliphatic carbocycles. The quantitative estimate of drug-likeness (QED) is 0.794. The fourth-order valence-corrected chi connectivity index (χ4v) is 3.32. The van der Waals surface area contributed by atoms with E-state index in [2.05, 4.69) is 17.3 Å². The monoisotopic (exact) mass is 385 g/mol. The highest BCUT2D eigenvalue weighted by Crippen LogP contribution is 2.20. The molecule has 0 bridgehead atoms. The van der Waals surface area contributed by atoms with E-state index in [1.54, 1.807) is 12.1 Å². The van der Waals surface area contributed by atoms with Crippen LogP contribution in [0.15, 0.2) is 48.5 Å². The van der Waals surface area contributed by atoms with Crippen LogP contribution in [-0.4, -0.2) is 55.5 Å². The van der Waals surface area contributed by atoms with Gasteiger partial charge in [-0.05, 0) is 68.9 Å². The summed E-state index contributed by atoms with van der Waals surface area (Å²) in [5.74, 6) is 0.488. The zero-order chi connectivity index (χ0) is 19.9. The first kappa shape index (κ1) is 20.3. The largest absolute Gasteiger partial charge is 0.490 e. The molecule has 0 spiro atoms. The van der Waals surface area contributed by atoms with Crippen LogP contribution in [0, 0.1) is 5.82 Å². The molecule has 3 rings (SSSR count). The average molecular weight is 385 g/mol. The van der Waals surface area contributed by atoms with Crippen LogP contribution >= 0.6 is 0 Å². The van der Waals surface area contributed by atoms with Gasteiger partial charge in [-0.1, -0.05) is 12.1 Å². The Hall–Kier alpha value is -2.44. The molecule has 0 radical (unpaired) electrons. The third-order valence-corrected chi connectivity index (χ3v) is 4.89. The van der Waals surface area contributed by atoms with Gasteiger partial charge in [0.15, 0.2) is 0 Å². The van der Waals surface area contributed by atoms with Crippen molar-refractivity contribution in [2.75, 3.05) is 39.0 Å². The van der Waals surface area contributed by atoms with Gasteiger partial charge in [0.05, 0.1) is 6.54 Å². The number of likely N-dealkylation sites (N-methyl/N-ethyl adjacent to an activating group) is 1. The van der Waals surface area contributed by atoms with Crippen LogP contribution in [0.3, 0.4) is 0 Å². The molecule has 5 nitrogen and oxygen atoms in total. The summed E-state index contributed by atoms with van der Waals surface area (Å²) in [4.78, 5) is 16.5. The SMILES string of the molecule is CN1CCC(Oc2ccc(NC(=O)CN(C)Cc3ccc(F)cc3)cc2)CC1. The lowest BCUT2D eigenvalue weighted by atomic mass is 10.1. The normalized spacial score (nSPS) is 15.6. The fourth-order valence-electron chi connectivity index (χ4n) is 3.32. The lowest BCUT2D eigenvalue weighted by molar-refractivity contribution is -0.117. The molecule has 2 aromatic rings. The Labute approximate surface area is 166 Å². The van der Waals surface area contributed by atoms with Gasteiger partial charge in [-0.25, -0.2) is 4.39 Å². The topological polar surface area (TPSA) is 44.8 Å². The average Bonchev–Trinajstić information content (AvgIpc) is 2.67. The van der Waals surface area contributed by atoms with Gasteiger partial charge >= 0.3 is 0 Å². The standard InChI is InChI=1S/C22H28FN3O2/c1-25-13-11-21(12-14-25)28-20-9-7-19(8-10-20)24-22(27)16-26(2)15-17-3-5-18(23)6-4-17/h3-10,21H,11-16H2,1-2H3,(H,24,27). The van der Waals surface area contributed by atoms with Crippen molar-refractivity contribution in [3.63, 3.8) is 0 Å². The molecule has 150 valence electrons. The van der Waals surface area contributed by atoms with Gasteiger partial charge in [0, 0.05) is 25.3 Å². The van der Waals surface area contributed by atoms with Crippen LogP contribution in [0.4, 0.5) is 10.1 Å². The number of halogens is 1. The van der Waals surface area contributed by atoms with E-state index in [0.717, 1.165) is 42.9 Å². The zero-order valence-electron chi connectivity index (χ0n) is 16.5. The number of ether oxygens (including phenoxy) is 1. The molecule has 1 N–H and O–H groups in total. The van der Waals surface area contributed by atoms with Crippen LogP contribution in [0.1, 0.15) is 18.4 Å². The molecule has 6 heteroatoms. The highest BCUT2D eigenvalue weighted by atomic mass is 19.1. The van der Waals surface area contributed by atoms with Crippen molar-refractivity contribution in [3.8, 4) is 5.75 Å². The van der Waals surface area contributed by atoms with E-state index in [1.165, 1.54) is 12.1 Å². The van der Waals surface area contributed by atoms with E-state index in [0.29, 0.717) is 6.54 Å². The van der Waals surface area contributed by atoms with E-state index in [-0.39, 0.29) is 24.4 Å². The fraction of sp³-hybridized carbons (Fsp3) is 0.409. The van der Waals surface area contributed by atoms with Crippen molar-refractivity contribution in [1.29, 1.82) is 0 Å². The number of nitrogens with zero attached hydrogens (tertiary/aromatic N) is 2. The molecule has 28 heavy (non-hydrogen) atoms. The molecule has 1 saturated heterocycles. The molecular formula is C22H28FN3O2. The van der Waals surface area contributed by atoms with E-state index in [4.69, 9.17) is 4.74 Å². The number of rotatable bonds is 7. The van der Waals surface area contributed by atoms with Crippen molar-refractivity contribution >= 4 is 11.6 Å². The van der Waals surface area contributed by atoms with Crippen LogP contribution in [0.25, 0.3) is 0 Å². The number of hydrogen-bond acceptors (Lipinski definition) is 4. The lowest BCUT2D eigenvalue weighted by Crippen LogP contribution is -2.35. The smallest absolute Gasteiger partial charge is 0.238 e. The van der Waals surface area contributed by atoms with Crippen LogP contribution in [0.2, 0.25) is 0 Å². The number of carbonyl (C=O) groups excluding carboxylic acids is 1. The van der Waals surface area contributed by atoms with E-state index < -0.39 is 0 Å². The van der Waals surface area contributed by atoms with Crippen molar-refractivity contribution in [3.05, 3.63) is 59.9 Å². The van der Waals surface area contributed by atoms with Crippen molar-refractivity contribution in [2.45, 2.75) is 25.5 Å². The number of hydrogen-bond donors (Lipinski definition) is 1. The van der Waals surface area contributed by atoms with Gasteiger partial charge in [-0.15, -0.1) is 0 Å². The summed E-state index contributed by atoms with van der Waals surface area (Å²) in [6.45, 7) is 2.96. The zero-order valence-corrected chi connectivity index (χ0v) is 16.5. The number of benzene rings is 2. The summed E-state index contributed by atoms with van der Waals surface area (Å²) < 4.78 is 19.0. The number of carbonyl (C=O) groups is 1. The minimum Gasteiger partial charge on any atom is -0.490 e. The van der Waals surface area contributed by atoms with Gasteiger partial charge in [-0.3, -0.25) is 9.69 Å². The van der Waals surface area contributed by atoms with E-state index in [9.17, 15) is 9.18 Å². The summed E-state index contributed by atoms with van der Waals surface area (Å²) in [5, 5.41) is 2.90. The van der Waals surface area contributed by atoms with Crippen LogP contribution in [-0.2, 0) is 11.3 Å². The highest BCUT2D eigenvalue weighted by molar-refractivity contribution is 5.92. The van der Waals surface area contributed by atoms with Crippen LogP contribution in [0.5, 0.6) is 5.75 Å². The Morgan fingerprint density at radius 2 is 1.79 bits per heavy atom. The number of likely N-dealkylation sites (tertiary alicyclic amines) is 1. The van der Waals surface area contributed by atoms with Gasteiger partial charge in [0.1, 0.15) is 17.7 Å². The summed E-state index contributed by atoms with van der Waals surface area (Å²) in [7, 11) is 3.99. The summed E-state index contributed by atoms with van der Waals surface area (Å²) in [5.41, 5.74) is 1.71. The second-order valence-electron chi connectivity index (χ2n) is 7.49. The minimum absolute atomic E-state index is 0.0893. The minimum atomic E-state index is -0.257. The predicted octanol–water partition coefficient (Wildman–Crippen LogP) is 3.37. The second kappa shape index (κ2) is 9.66. The number of amides is 1. The second-order valence-corrected chi connectivity index (χ2v) is 7.49. The Morgan fingerprint density at radius 3 is 2.43 bits per heavy atom. The van der Waals surface area contributed by atoms with Gasteiger partial charge in [0.25, 0.3) is 0 Å². The Morgan fingerprint density at radius 1 is 1.14 bits per heavy atom. The van der Waals surface area contributed by atoms with E-state index in [1.807, 2.05) is 36.2 Å². The summed E-state index contributed by atoms with van der Waals surface area (Å²) in [6, 6.07) is 13.8. The molecule has 0 aromatic heterocycles. The number of anilines is 1. The van der Waals surface area contributed by atoms with Crippen molar-refractivity contribution < 1.29 is 13.9 Å². The van der Waals surface area contributed by atoms with E-state index >= 15 is 0 Å². The van der Waals surface area contributed by atoms with Crippen molar-refractivity contribution in [2.24, 2.45) is 0 Å². The first-order chi connectivity index (χ1) is 13.5. The molecule has 1 aliphatic heterocycles. The Bertz CT molecular complexity index is 756. The molecule has 0 atom stereocenters. The maximum atomic E-state index is 13.0. The molecule has 0 unspecified atom stereocenters. The summed E-state index contributed by atoms with van der Waals surface area (Å²) in [6.07, 6.45) is 2.34. The van der Waals surface area contributed by atoms with Gasteiger partial charge < -0.3 is 15.0 Å². The maximum Gasteiger partial charge on any atom is 0.238 e. The first-order valence-corrected chi connectivity index (χ1v) is 9.66. The molecule has 1 fully saturated rings. The Balaban J connectivity index is 1.44. The predicted molar refractivity (Wildman–Crippen MR) is 109 cm³/mol. The van der Waals surface area contributed by atoms with Gasteiger partial charge in [0.2, 0.25) is 5.91 Å². The molecule has 1 amide bonds. The van der Waals surface area contributed by atoms with Crippen molar-refractivity contribution in [1.82, 2.24) is 9.80 Å². The molecule has 1 aliphatic rings. The number of piperidine rings is 1. The lowest BCUT2D eigenvalue weighted by Gasteiger charge is -2.29. The van der Waals surface area contributed by atoms with Crippen LogP contribution < -0.4 is 10.1 Å². The third kappa shape index (κ3) is 6.32. The third-order valence-electron chi connectivity index (χ3n) is 4.89. The maximum absolute atomic E-state index is 13.0. The molecule has 1 heterocycles.